The molecule has 1 aliphatic rings. The number of aliphatic carboxylic acids is 1. The fourth-order valence-corrected chi connectivity index (χ4v) is 3.63. The van der Waals surface area contributed by atoms with Gasteiger partial charge in [-0.15, -0.1) is 11.3 Å². The third kappa shape index (κ3) is 3.13. The Hall–Kier alpha value is -0.290. The van der Waals surface area contributed by atoms with Crippen molar-refractivity contribution in [3.8, 4) is 0 Å². The molecule has 0 aromatic carbocycles. The normalized spacial score (nSPS) is 21.6. The molecular formula is C11H13Cl2NO2S. The molecule has 1 saturated heterocycles. The Kier molecular flexibility index (Phi) is 4.31. The first-order chi connectivity index (χ1) is 8.08. The highest BCUT2D eigenvalue weighted by Crippen LogP contribution is 2.33. The smallest absolute Gasteiger partial charge is 0.320 e. The molecule has 2 rings (SSSR count). The lowest BCUT2D eigenvalue weighted by Crippen LogP contribution is -2.43. The molecule has 0 unspecified atom stereocenters. The second-order valence-corrected chi connectivity index (χ2v) is 6.46. The van der Waals surface area contributed by atoms with Crippen molar-refractivity contribution in [3.63, 3.8) is 0 Å². The van der Waals surface area contributed by atoms with Crippen LogP contribution in [0.1, 0.15) is 24.8 Å². The van der Waals surface area contributed by atoms with Crippen LogP contribution in [0.5, 0.6) is 0 Å². The molecule has 1 N–H and O–H groups in total. The maximum Gasteiger partial charge on any atom is 0.320 e. The van der Waals surface area contributed by atoms with Gasteiger partial charge in [-0.2, -0.15) is 0 Å². The van der Waals surface area contributed by atoms with Crippen molar-refractivity contribution in [2.45, 2.75) is 31.8 Å². The maximum atomic E-state index is 11.1. The number of rotatable bonds is 3. The molecule has 1 aromatic rings. The van der Waals surface area contributed by atoms with E-state index in [0.29, 0.717) is 21.6 Å². The molecular weight excluding hydrogens is 281 g/mol. The lowest BCUT2D eigenvalue weighted by atomic mass is 10.0. The van der Waals surface area contributed by atoms with Gasteiger partial charge in [-0.25, -0.2) is 0 Å². The van der Waals surface area contributed by atoms with Crippen LogP contribution >= 0.6 is 34.5 Å². The third-order valence-electron chi connectivity index (χ3n) is 3.00. The van der Waals surface area contributed by atoms with Gasteiger partial charge in [0.15, 0.2) is 0 Å². The molecule has 94 valence electrons. The fraction of sp³-hybridized carbons (Fsp3) is 0.545. The summed E-state index contributed by atoms with van der Waals surface area (Å²) < 4.78 is 1.30. The first kappa shape index (κ1) is 13.1. The summed E-state index contributed by atoms with van der Waals surface area (Å²) in [6.45, 7) is 1.37. The van der Waals surface area contributed by atoms with Crippen molar-refractivity contribution < 1.29 is 9.90 Å². The molecule has 0 spiro atoms. The Labute approximate surface area is 114 Å². The second-order valence-electron chi connectivity index (χ2n) is 4.17. The molecule has 1 atom stereocenters. The first-order valence-electron chi connectivity index (χ1n) is 5.48. The van der Waals surface area contributed by atoms with Gasteiger partial charge < -0.3 is 5.11 Å². The van der Waals surface area contributed by atoms with Crippen LogP contribution < -0.4 is 0 Å². The van der Waals surface area contributed by atoms with Gasteiger partial charge in [-0.05, 0) is 31.0 Å². The van der Waals surface area contributed by atoms with Crippen LogP contribution in [0.15, 0.2) is 6.07 Å². The van der Waals surface area contributed by atoms with Crippen LogP contribution in [-0.2, 0) is 11.3 Å². The number of carboxylic acid groups (broad SMARTS) is 1. The predicted octanol–water partition coefficient (Wildman–Crippen LogP) is 3.49. The molecule has 1 fully saturated rings. The number of piperidine rings is 1. The average Bonchev–Trinajstić information content (AvgIpc) is 2.58. The van der Waals surface area contributed by atoms with E-state index in [0.717, 1.165) is 24.9 Å². The predicted molar refractivity (Wildman–Crippen MR) is 70.0 cm³/mol. The monoisotopic (exact) mass is 293 g/mol. The summed E-state index contributed by atoms with van der Waals surface area (Å²) >= 11 is 13.3. The van der Waals surface area contributed by atoms with E-state index in [1.54, 1.807) is 0 Å². The number of thiophene rings is 1. The Morgan fingerprint density at radius 2 is 2.29 bits per heavy atom. The van der Waals surface area contributed by atoms with Crippen LogP contribution in [0.2, 0.25) is 8.67 Å². The zero-order valence-electron chi connectivity index (χ0n) is 9.16. The Morgan fingerprint density at radius 1 is 1.53 bits per heavy atom. The summed E-state index contributed by atoms with van der Waals surface area (Å²) in [5, 5.41) is 9.16. The van der Waals surface area contributed by atoms with Gasteiger partial charge in [0.1, 0.15) is 6.04 Å². The minimum atomic E-state index is -0.748. The van der Waals surface area contributed by atoms with E-state index in [-0.39, 0.29) is 0 Å². The number of hydrogen-bond donors (Lipinski definition) is 1. The summed E-state index contributed by atoms with van der Waals surface area (Å²) in [7, 11) is 0. The zero-order chi connectivity index (χ0) is 12.4. The maximum absolute atomic E-state index is 11.1. The summed E-state index contributed by atoms with van der Waals surface area (Å²) in [6.07, 6.45) is 2.73. The minimum absolute atomic E-state index is 0.390. The van der Waals surface area contributed by atoms with Crippen molar-refractivity contribution >= 4 is 40.5 Å². The van der Waals surface area contributed by atoms with Gasteiger partial charge in [0.25, 0.3) is 0 Å². The molecule has 3 nitrogen and oxygen atoms in total. The molecule has 1 aromatic heterocycles. The Morgan fingerprint density at radius 3 is 2.88 bits per heavy atom. The van der Waals surface area contributed by atoms with E-state index in [9.17, 15) is 4.79 Å². The highest BCUT2D eigenvalue weighted by atomic mass is 35.5. The van der Waals surface area contributed by atoms with Crippen molar-refractivity contribution in [2.24, 2.45) is 0 Å². The van der Waals surface area contributed by atoms with Crippen LogP contribution in [0, 0.1) is 0 Å². The summed E-state index contributed by atoms with van der Waals surface area (Å²) in [6, 6.07) is 1.43. The number of likely N-dealkylation sites (tertiary alicyclic amines) is 1. The van der Waals surface area contributed by atoms with Gasteiger partial charge in [0, 0.05) is 6.54 Å². The van der Waals surface area contributed by atoms with E-state index >= 15 is 0 Å². The highest BCUT2D eigenvalue weighted by Gasteiger charge is 2.28. The van der Waals surface area contributed by atoms with Gasteiger partial charge in [0.05, 0.1) is 8.67 Å². The van der Waals surface area contributed by atoms with Crippen LogP contribution in [0.3, 0.4) is 0 Å². The SMILES string of the molecule is O=C(O)[C@H]1CCCCN1Cc1cc(Cl)sc1Cl. The minimum Gasteiger partial charge on any atom is -0.480 e. The number of carbonyl (C=O) groups is 1. The topological polar surface area (TPSA) is 40.5 Å². The zero-order valence-corrected chi connectivity index (χ0v) is 11.5. The van der Waals surface area contributed by atoms with Gasteiger partial charge in [-0.3, -0.25) is 9.69 Å². The highest BCUT2D eigenvalue weighted by molar-refractivity contribution is 7.20. The molecule has 2 heterocycles. The van der Waals surface area contributed by atoms with Crippen LogP contribution in [0.25, 0.3) is 0 Å². The second kappa shape index (κ2) is 5.57. The third-order valence-corrected chi connectivity index (χ3v) is 4.57. The van der Waals surface area contributed by atoms with Gasteiger partial charge in [-0.1, -0.05) is 29.6 Å². The number of hydrogen-bond acceptors (Lipinski definition) is 3. The lowest BCUT2D eigenvalue weighted by molar-refractivity contribution is -0.144. The van der Waals surface area contributed by atoms with Crippen molar-refractivity contribution in [2.75, 3.05) is 6.54 Å². The molecule has 0 amide bonds. The standard InChI is InChI=1S/C11H13Cl2NO2S/c12-9-5-7(10(13)17-9)6-14-4-2-1-3-8(14)11(15)16/h5,8H,1-4,6H2,(H,15,16)/t8-/m1/s1. The molecule has 6 heteroatoms. The fourth-order valence-electron chi connectivity index (χ4n) is 2.16. The molecule has 0 saturated carbocycles. The van der Waals surface area contributed by atoms with Crippen LogP contribution in [0.4, 0.5) is 0 Å². The van der Waals surface area contributed by atoms with E-state index in [2.05, 4.69) is 0 Å². The first-order valence-corrected chi connectivity index (χ1v) is 7.05. The average molecular weight is 294 g/mol. The number of halogens is 2. The van der Waals surface area contributed by atoms with Crippen molar-refractivity contribution in [1.29, 1.82) is 0 Å². The van der Waals surface area contributed by atoms with E-state index < -0.39 is 12.0 Å². The van der Waals surface area contributed by atoms with E-state index in [1.807, 2.05) is 11.0 Å². The molecule has 17 heavy (non-hydrogen) atoms. The summed E-state index contributed by atoms with van der Waals surface area (Å²) in [5.74, 6) is -0.748. The largest absolute Gasteiger partial charge is 0.480 e. The van der Waals surface area contributed by atoms with Crippen molar-refractivity contribution in [1.82, 2.24) is 4.90 Å². The van der Waals surface area contributed by atoms with E-state index in [1.165, 1.54) is 11.3 Å². The Balaban J connectivity index is 2.10. The van der Waals surface area contributed by atoms with Crippen molar-refractivity contribution in [3.05, 3.63) is 20.3 Å². The number of nitrogens with zero attached hydrogens (tertiary/aromatic N) is 1. The quantitative estimate of drug-likeness (QED) is 0.927. The van der Waals surface area contributed by atoms with E-state index in [4.69, 9.17) is 28.3 Å². The van der Waals surface area contributed by atoms with Gasteiger partial charge >= 0.3 is 5.97 Å². The van der Waals surface area contributed by atoms with Crippen LogP contribution in [-0.4, -0.2) is 28.6 Å². The molecule has 0 radical (unpaired) electrons. The van der Waals surface area contributed by atoms with Gasteiger partial charge in [0.2, 0.25) is 0 Å². The summed E-state index contributed by atoms with van der Waals surface area (Å²) in [5.41, 5.74) is 0.926. The molecule has 0 bridgehead atoms. The molecule has 0 aliphatic carbocycles. The molecule has 1 aliphatic heterocycles. The number of carboxylic acids is 1. The summed E-state index contributed by atoms with van der Waals surface area (Å²) in [4.78, 5) is 13.1. The lowest BCUT2D eigenvalue weighted by Gasteiger charge is -2.32. The Bertz CT molecular complexity index is 422.